The van der Waals surface area contributed by atoms with Crippen molar-refractivity contribution in [3.05, 3.63) is 130 Å². The summed E-state index contributed by atoms with van der Waals surface area (Å²) in [5.41, 5.74) is 4.33. The molecule has 6 atom stereocenters. The minimum atomic E-state index is -3.95. The molecule has 0 aliphatic heterocycles. The molecular formula is C38H39ClO5S2. The van der Waals surface area contributed by atoms with E-state index in [-0.39, 0.29) is 34.8 Å². The largest absolute Gasteiger partial charge is 0.299 e. The second-order valence-corrected chi connectivity index (χ2v) is 17.6. The molecule has 0 radical (unpaired) electrons. The van der Waals surface area contributed by atoms with Crippen LogP contribution in [-0.2, 0) is 30.9 Å². The van der Waals surface area contributed by atoms with Crippen LogP contribution in [0.25, 0.3) is 0 Å². The zero-order valence-corrected chi connectivity index (χ0v) is 28.7. The number of carbonyl (C=O) groups excluding carboxylic acids is 1. The minimum absolute atomic E-state index is 0.0196. The maximum atomic E-state index is 14.8. The topological polar surface area (TPSA) is 85.3 Å². The van der Waals surface area contributed by atoms with Gasteiger partial charge in [-0.3, -0.25) is 4.79 Å². The van der Waals surface area contributed by atoms with Gasteiger partial charge in [-0.2, -0.15) is 0 Å². The number of benzene rings is 4. The van der Waals surface area contributed by atoms with Gasteiger partial charge >= 0.3 is 0 Å². The van der Waals surface area contributed by atoms with Crippen LogP contribution < -0.4 is 0 Å². The Labute approximate surface area is 277 Å². The average molecular weight is 675 g/mol. The van der Waals surface area contributed by atoms with Gasteiger partial charge in [0.05, 0.1) is 20.3 Å². The molecule has 4 aromatic rings. The number of halogens is 1. The zero-order valence-electron chi connectivity index (χ0n) is 26.3. The summed E-state index contributed by atoms with van der Waals surface area (Å²) in [4.78, 5) is 14.6. The Kier molecular flexibility index (Phi) is 9.05. The Morgan fingerprint density at radius 2 is 1.30 bits per heavy atom. The van der Waals surface area contributed by atoms with Crippen molar-refractivity contribution in [2.75, 3.05) is 0 Å². The third kappa shape index (κ3) is 5.98. The molecule has 2 aliphatic carbocycles. The van der Waals surface area contributed by atoms with E-state index in [9.17, 15) is 21.6 Å². The molecule has 46 heavy (non-hydrogen) atoms. The fourth-order valence-corrected chi connectivity index (χ4v) is 12.5. The molecule has 6 rings (SSSR count). The Bertz CT molecular complexity index is 1950. The number of carbonyl (C=O) groups is 1. The molecule has 5 nitrogen and oxygen atoms in total. The maximum Gasteiger partial charge on any atom is 0.182 e. The van der Waals surface area contributed by atoms with E-state index in [0.717, 1.165) is 28.7 Å². The molecule has 4 aromatic carbocycles. The van der Waals surface area contributed by atoms with Crippen molar-refractivity contribution in [3.63, 3.8) is 0 Å². The third-order valence-corrected chi connectivity index (χ3v) is 15.2. The molecule has 0 heterocycles. The quantitative estimate of drug-likeness (QED) is 0.198. The number of fused-ring (bicyclic) bond motifs is 1. The lowest BCUT2D eigenvalue weighted by Gasteiger charge is -2.48. The van der Waals surface area contributed by atoms with Gasteiger partial charge in [0.2, 0.25) is 0 Å². The fourth-order valence-electron chi connectivity index (χ4n) is 7.80. The number of hydrogen-bond donors (Lipinski definition) is 0. The van der Waals surface area contributed by atoms with E-state index in [1.165, 1.54) is 0 Å². The zero-order chi connectivity index (χ0) is 32.8. The normalized spacial score (nSPS) is 25.2. The number of ketones is 1. The Balaban J connectivity index is 1.52. The molecule has 2 unspecified atom stereocenters. The van der Waals surface area contributed by atoms with Gasteiger partial charge in [0.1, 0.15) is 5.78 Å². The predicted molar refractivity (Wildman–Crippen MR) is 183 cm³/mol. The van der Waals surface area contributed by atoms with Crippen LogP contribution in [0.15, 0.2) is 107 Å². The lowest BCUT2D eigenvalue weighted by molar-refractivity contribution is -0.128. The van der Waals surface area contributed by atoms with E-state index in [2.05, 4.69) is 6.92 Å². The van der Waals surface area contributed by atoms with Gasteiger partial charge < -0.3 is 0 Å². The van der Waals surface area contributed by atoms with Gasteiger partial charge in [-0.05, 0) is 91.6 Å². The van der Waals surface area contributed by atoms with Crippen molar-refractivity contribution >= 4 is 37.1 Å². The van der Waals surface area contributed by atoms with Crippen molar-refractivity contribution in [2.24, 2.45) is 11.8 Å². The number of aryl methyl sites for hydroxylation is 3. The van der Waals surface area contributed by atoms with Crippen LogP contribution in [0.1, 0.15) is 65.8 Å². The monoisotopic (exact) mass is 674 g/mol. The molecule has 8 heteroatoms. The lowest BCUT2D eigenvalue weighted by Crippen LogP contribution is -2.53. The first-order valence-corrected chi connectivity index (χ1v) is 19.4. The summed E-state index contributed by atoms with van der Waals surface area (Å²) in [7, 11) is -7.82. The van der Waals surface area contributed by atoms with Gasteiger partial charge in [0, 0.05) is 29.2 Å². The summed E-state index contributed by atoms with van der Waals surface area (Å²) in [6.45, 7) is 5.77. The number of rotatable bonds is 7. The highest BCUT2D eigenvalue weighted by molar-refractivity contribution is 7.92. The highest BCUT2D eigenvalue weighted by atomic mass is 35.5. The number of sulfone groups is 2. The van der Waals surface area contributed by atoms with Crippen molar-refractivity contribution < 1.29 is 21.6 Å². The van der Waals surface area contributed by atoms with Crippen LogP contribution in [0.4, 0.5) is 0 Å². The molecule has 0 bridgehead atoms. The van der Waals surface area contributed by atoms with E-state index in [0.29, 0.717) is 10.6 Å². The molecule has 0 aromatic heterocycles. The molecule has 2 saturated carbocycles. The fraction of sp³-hybridized carbons (Fsp3) is 0.342. The summed E-state index contributed by atoms with van der Waals surface area (Å²) in [6.07, 6.45) is 1.20. The highest BCUT2D eigenvalue weighted by Gasteiger charge is 2.56. The number of hydrogen-bond acceptors (Lipinski definition) is 5. The molecule has 0 saturated heterocycles. The van der Waals surface area contributed by atoms with Crippen LogP contribution in [0.3, 0.4) is 0 Å². The van der Waals surface area contributed by atoms with E-state index in [1.54, 1.807) is 61.5 Å². The lowest BCUT2D eigenvalue weighted by atomic mass is 9.61. The Hall–Kier alpha value is -3.26. The first-order valence-electron chi connectivity index (χ1n) is 15.9. The molecule has 240 valence electrons. The second kappa shape index (κ2) is 12.7. The summed E-state index contributed by atoms with van der Waals surface area (Å²) in [5, 5.41) is -1.26. The van der Waals surface area contributed by atoms with Crippen LogP contribution >= 0.6 is 11.6 Å². The summed E-state index contributed by atoms with van der Waals surface area (Å²) in [6, 6.07) is 28.9. The Morgan fingerprint density at radius 3 is 1.93 bits per heavy atom. The van der Waals surface area contributed by atoms with Crippen LogP contribution in [-0.4, -0.2) is 33.1 Å². The predicted octanol–water partition coefficient (Wildman–Crippen LogP) is 8.07. The van der Waals surface area contributed by atoms with Crippen molar-refractivity contribution in [1.29, 1.82) is 0 Å². The first-order chi connectivity index (χ1) is 21.9. The summed E-state index contributed by atoms with van der Waals surface area (Å²) < 4.78 is 58.5. The third-order valence-electron chi connectivity index (χ3n) is 10.3. The SMILES string of the molecule is CCc1ccc([C@@H]2C[C@@H]3C(S(=O)(=O)c4ccccc4C)[C@H](c4ccc(Cl)cc4)CC(=O)[C@@H]3CC2S(=O)(=O)c2ccc(C)cc2)cc1. The van der Waals surface area contributed by atoms with Gasteiger partial charge in [-0.15, -0.1) is 0 Å². The standard InChI is InChI=1S/C38H39ClO5S2/c1-4-26-11-13-27(14-12-26)31-21-34-33(23-37(31)45(41,42)30-19-9-24(2)10-20-30)35(40)22-32(28-15-17-29(39)18-16-28)38(34)46(43,44)36-8-6-5-7-25(36)3/h5-20,31-34,37-38H,4,21-23H2,1-3H3/t31-,32-,33+,34-,37?,38?/m0/s1. The molecule has 0 N–H and O–H groups in total. The van der Waals surface area contributed by atoms with Crippen LogP contribution in [0.5, 0.6) is 0 Å². The minimum Gasteiger partial charge on any atom is -0.299 e. The molecule has 2 aliphatic rings. The molecule has 2 fully saturated rings. The summed E-state index contributed by atoms with van der Waals surface area (Å²) >= 11 is 6.22. The van der Waals surface area contributed by atoms with Gasteiger partial charge in [-0.1, -0.05) is 90.8 Å². The van der Waals surface area contributed by atoms with Crippen LogP contribution in [0, 0.1) is 25.7 Å². The smallest absolute Gasteiger partial charge is 0.182 e. The Morgan fingerprint density at radius 1 is 0.696 bits per heavy atom. The van der Waals surface area contributed by atoms with E-state index >= 15 is 0 Å². The van der Waals surface area contributed by atoms with Gasteiger partial charge in [0.25, 0.3) is 0 Å². The van der Waals surface area contributed by atoms with Gasteiger partial charge in [0.15, 0.2) is 19.7 Å². The van der Waals surface area contributed by atoms with E-state index in [1.807, 2.05) is 49.4 Å². The number of Topliss-reactive ketones (excluding diaryl/α,β-unsaturated/α-hetero) is 1. The average Bonchev–Trinajstić information content (AvgIpc) is 3.04. The van der Waals surface area contributed by atoms with Crippen molar-refractivity contribution in [3.8, 4) is 0 Å². The van der Waals surface area contributed by atoms with Crippen molar-refractivity contribution in [1.82, 2.24) is 0 Å². The van der Waals surface area contributed by atoms with Crippen molar-refractivity contribution in [2.45, 2.75) is 78.6 Å². The second-order valence-electron chi connectivity index (χ2n) is 12.9. The first kappa shape index (κ1) is 32.7. The summed E-state index contributed by atoms with van der Waals surface area (Å²) in [5.74, 6) is -2.45. The van der Waals surface area contributed by atoms with Gasteiger partial charge in [-0.25, -0.2) is 16.8 Å². The van der Waals surface area contributed by atoms with Crippen LogP contribution in [0.2, 0.25) is 5.02 Å². The molecule has 0 spiro atoms. The van der Waals surface area contributed by atoms with E-state index in [4.69, 9.17) is 11.6 Å². The highest BCUT2D eigenvalue weighted by Crippen LogP contribution is 2.54. The maximum absolute atomic E-state index is 14.8. The van der Waals surface area contributed by atoms with E-state index < -0.39 is 53.8 Å². The molecule has 0 amide bonds. The molecular weight excluding hydrogens is 636 g/mol.